The Hall–Kier alpha value is -0.984. The molecule has 0 radical (unpaired) electrons. The van der Waals surface area contributed by atoms with Crippen molar-refractivity contribution in [2.24, 2.45) is 4.99 Å². The number of benzene rings is 1. The van der Waals surface area contributed by atoms with Crippen LogP contribution in [0.25, 0.3) is 10.0 Å². The van der Waals surface area contributed by atoms with Crippen molar-refractivity contribution >= 4 is 76.8 Å². The zero-order valence-electron chi connectivity index (χ0n) is 15.8. The van der Waals surface area contributed by atoms with Gasteiger partial charge < -0.3 is 0 Å². The fraction of sp³-hybridized carbons (Fsp3) is 0.238. The summed E-state index contributed by atoms with van der Waals surface area (Å²) in [6.45, 7) is 6.55. The summed E-state index contributed by atoms with van der Waals surface area (Å²) in [5.41, 5.74) is 2.79. The molecule has 2 aromatic rings. The fourth-order valence-corrected chi connectivity index (χ4v) is 13.4. The molecule has 1 aromatic carbocycles. The Morgan fingerprint density at radius 3 is 2.46 bits per heavy atom. The number of carbonyl (C=O) groups excluding carboxylic acids is 1. The molecule has 1 aliphatic carbocycles. The van der Waals surface area contributed by atoms with E-state index in [0.29, 0.717) is 5.75 Å². The Balaban J connectivity index is 2.14. The van der Waals surface area contributed by atoms with Gasteiger partial charge in [-0.1, -0.05) is 0 Å². The molecule has 0 bridgehead atoms. The zero-order chi connectivity index (χ0) is 20.2. The summed E-state index contributed by atoms with van der Waals surface area (Å²) in [5, 5.41) is 13.3. The number of fused-ring (bicyclic) bond motifs is 2. The third-order valence-corrected chi connectivity index (χ3v) is 16.9. The molecule has 144 valence electrons. The SMILES string of the molecule is CC[Si]1(CC)C2=CC(=O)C=CC2=Nc2ccc(O)c(-c3[se]c(C)c(Br)c3Br)c21. The maximum absolute atomic E-state index is 12.2. The number of halogens is 2. The first-order chi connectivity index (χ1) is 13.3. The second kappa shape index (κ2) is 7.37. The van der Waals surface area contributed by atoms with E-state index in [2.05, 4.69) is 52.6 Å². The molecule has 1 aliphatic heterocycles. The summed E-state index contributed by atoms with van der Waals surface area (Å²) in [5.74, 6) is 0.335. The molecular weight excluding hydrogens is 565 g/mol. The van der Waals surface area contributed by atoms with E-state index in [9.17, 15) is 9.90 Å². The number of aliphatic imine (C=N–C) groups is 1. The summed E-state index contributed by atoms with van der Waals surface area (Å²) >= 11 is 7.55. The van der Waals surface area contributed by atoms with Gasteiger partial charge >= 0.3 is 189 Å². The average molecular weight is 584 g/mol. The molecule has 2 heterocycles. The van der Waals surface area contributed by atoms with Crippen molar-refractivity contribution in [2.75, 3.05) is 0 Å². The van der Waals surface area contributed by atoms with Crippen LogP contribution in [0.2, 0.25) is 12.1 Å². The third-order valence-electron chi connectivity index (χ3n) is 5.75. The van der Waals surface area contributed by atoms with Crippen LogP contribution in [0.4, 0.5) is 5.69 Å². The van der Waals surface area contributed by atoms with Crippen LogP contribution in [0, 0.1) is 6.92 Å². The van der Waals surface area contributed by atoms with Gasteiger partial charge in [0.1, 0.15) is 0 Å². The van der Waals surface area contributed by atoms with Crippen LogP contribution in [0.1, 0.15) is 18.3 Å². The number of phenolic OH excluding ortho intramolecular Hbond substituents is 1. The van der Waals surface area contributed by atoms with Gasteiger partial charge in [0, 0.05) is 0 Å². The molecule has 0 atom stereocenters. The number of aryl methyl sites for hydroxylation is 1. The van der Waals surface area contributed by atoms with E-state index in [0.717, 1.165) is 47.6 Å². The number of carbonyl (C=O) groups is 1. The molecule has 1 N–H and O–H groups in total. The van der Waals surface area contributed by atoms with Crippen molar-refractivity contribution in [1.29, 1.82) is 0 Å². The molecule has 28 heavy (non-hydrogen) atoms. The van der Waals surface area contributed by atoms with Crippen molar-refractivity contribution in [3.8, 4) is 15.8 Å². The Morgan fingerprint density at radius 1 is 1.14 bits per heavy atom. The molecule has 0 saturated heterocycles. The Labute approximate surface area is 188 Å². The fourth-order valence-electron chi connectivity index (χ4n) is 4.29. The molecule has 4 rings (SSSR count). The van der Waals surface area contributed by atoms with Gasteiger partial charge in [-0.15, -0.1) is 0 Å². The number of allylic oxidation sites excluding steroid dienone is 4. The van der Waals surface area contributed by atoms with Gasteiger partial charge in [0.25, 0.3) is 0 Å². The minimum atomic E-state index is -2.25. The van der Waals surface area contributed by atoms with Crippen LogP contribution in [0.3, 0.4) is 0 Å². The van der Waals surface area contributed by atoms with Gasteiger partial charge in [0.05, 0.1) is 0 Å². The number of ketones is 1. The molecule has 0 spiro atoms. The van der Waals surface area contributed by atoms with Crippen LogP contribution >= 0.6 is 31.9 Å². The number of phenols is 1. The van der Waals surface area contributed by atoms with Gasteiger partial charge in [-0.2, -0.15) is 0 Å². The van der Waals surface area contributed by atoms with Gasteiger partial charge in [-0.05, 0) is 0 Å². The van der Waals surface area contributed by atoms with Crippen LogP contribution in [-0.4, -0.2) is 39.2 Å². The van der Waals surface area contributed by atoms with E-state index in [1.54, 1.807) is 18.2 Å². The predicted octanol–water partition coefficient (Wildman–Crippen LogP) is 5.34. The molecular formula is C21H19Br2NO2SeSi. The van der Waals surface area contributed by atoms with E-state index >= 15 is 0 Å². The van der Waals surface area contributed by atoms with Crippen LogP contribution in [0.5, 0.6) is 5.75 Å². The summed E-state index contributed by atoms with van der Waals surface area (Å²) in [6, 6.07) is 5.62. The van der Waals surface area contributed by atoms with E-state index in [4.69, 9.17) is 4.99 Å². The van der Waals surface area contributed by atoms with Crippen LogP contribution in [0.15, 0.2) is 49.5 Å². The average Bonchev–Trinajstić information content (AvgIpc) is 2.94. The quantitative estimate of drug-likeness (QED) is 0.392. The summed E-state index contributed by atoms with van der Waals surface area (Å²) in [4.78, 5) is 17.1. The first-order valence-corrected chi connectivity index (χ1v) is 14.9. The number of hydrogen-bond acceptors (Lipinski definition) is 3. The van der Waals surface area contributed by atoms with Crippen molar-refractivity contribution in [3.63, 3.8) is 0 Å². The summed E-state index contributed by atoms with van der Waals surface area (Å²) in [6.07, 6.45) is 5.25. The molecule has 2 aliphatic rings. The number of aromatic hydroxyl groups is 1. The normalized spacial score (nSPS) is 17.1. The second-order valence-corrected chi connectivity index (χ2v) is 15.8. The summed E-state index contributed by atoms with van der Waals surface area (Å²) in [7, 11) is -2.25. The number of rotatable bonds is 3. The van der Waals surface area contributed by atoms with E-state index in [-0.39, 0.29) is 20.3 Å². The Bertz CT molecular complexity index is 1110. The molecule has 0 fully saturated rings. The van der Waals surface area contributed by atoms with Crippen molar-refractivity contribution in [1.82, 2.24) is 0 Å². The summed E-state index contributed by atoms with van der Waals surface area (Å²) < 4.78 is 4.55. The van der Waals surface area contributed by atoms with E-state index < -0.39 is 8.07 Å². The molecule has 1 aromatic heterocycles. The minimum absolute atomic E-state index is 0.0311. The molecule has 0 saturated carbocycles. The predicted molar refractivity (Wildman–Crippen MR) is 126 cm³/mol. The van der Waals surface area contributed by atoms with Gasteiger partial charge in [0.15, 0.2) is 0 Å². The first-order valence-electron chi connectivity index (χ1n) is 9.18. The number of nitrogens with zero attached hydrogens (tertiary/aromatic N) is 1. The zero-order valence-corrected chi connectivity index (χ0v) is 21.7. The van der Waals surface area contributed by atoms with Crippen molar-refractivity contribution in [2.45, 2.75) is 32.9 Å². The first kappa shape index (κ1) is 20.3. The third kappa shape index (κ3) is 2.86. The maximum atomic E-state index is 12.2. The Kier molecular flexibility index (Phi) is 5.34. The monoisotopic (exact) mass is 583 g/mol. The standard InChI is InChI=1S/C21H19Br2NO2SeSi/c1-4-28(5-2)16-10-12(25)6-7-13(16)24-14-8-9-15(26)17(21(14)28)20-19(23)18(22)11(3)27-20/h6-10,26H,4-5H2,1-3H3. The van der Waals surface area contributed by atoms with Gasteiger partial charge in [-0.3, -0.25) is 0 Å². The Morgan fingerprint density at radius 2 is 1.86 bits per heavy atom. The molecule has 7 heteroatoms. The second-order valence-electron chi connectivity index (χ2n) is 7.05. The van der Waals surface area contributed by atoms with Crippen molar-refractivity contribution in [3.05, 3.63) is 48.9 Å². The number of hydrogen-bond donors (Lipinski definition) is 1. The molecule has 0 amide bonds. The van der Waals surface area contributed by atoms with Crippen LogP contribution < -0.4 is 5.19 Å². The van der Waals surface area contributed by atoms with E-state index in [1.807, 2.05) is 12.1 Å². The van der Waals surface area contributed by atoms with Gasteiger partial charge in [0.2, 0.25) is 0 Å². The van der Waals surface area contributed by atoms with Crippen molar-refractivity contribution < 1.29 is 9.90 Å². The van der Waals surface area contributed by atoms with Gasteiger partial charge in [-0.25, -0.2) is 0 Å². The van der Waals surface area contributed by atoms with E-state index in [1.165, 1.54) is 9.62 Å². The molecule has 3 nitrogen and oxygen atoms in total. The van der Waals surface area contributed by atoms with Crippen LogP contribution in [-0.2, 0) is 4.79 Å². The molecule has 0 unspecified atom stereocenters. The topological polar surface area (TPSA) is 49.7 Å².